The molecule has 0 atom stereocenters. The van der Waals surface area contributed by atoms with E-state index in [9.17, 15) is 9.18 Å². The number of nitrogens with one attached hydrogen (secondary N) is 2. The number of hydrogen-bond donors (Lipinski definition) is 2. The van der Waals surface area contributed by atoms with Crippen LogP contribution in [0.5, 0.6) is 0 Å². The minimum atomic E-state index is -0.330. The number of anilines is 1. The van der Waals surface area contributed by atoms with Crippen molar-refractivity contribution < 1.29 is 9.18 Å². The lowest BCUT2D eigenvalue weighted by molar-refractivity contribution is 0.102. The molecule has 0 aliphatic heterocycles. The van der Waals surface area contributed by atoms with E-state index < -0.39 is 0 Å². The van der Waals surface area contributed by atoms with Crippen LogP contribution < -0.4 is 5.32 Å². The fourth-order valence-corrected chi connectivity index (χ4v) is 1.93. The second-order valence-electron chi connectivity index (χ2n) is 4.23. The van der Waals surface area contributed by atoms with Gasteiger partial charge in [-0.05, 0) is 36.4 Å². The second kappa shape index (κ2) is 4.57. The van der Waals surface area contributed by atoms with Gasteiger partial charge in [-0.1, -0.05) is 18.2 Å². The maximum absolute atomic E-state index is 12.8. The van der Waals surface area contributed by atoms with Gasteiger partial charge in [0.15, 0.2) is 0 Å². The van der Waals surface area contributed by atoms with E-state index in [4.69, 9.17) is 0 Å². The molecule has 94 valence electrons. The Hall–Kier alpha value is -2.62. The van der Waals surface area contributed by atoms with Gasteiger partial charge in [-0.2, -0.15) is 0 Å². The summed E-state index contributed by atoms with van der Waals surface area (Å²) in [6.07, 6.45) is 0. The average Bonchev–Trinajstić information content (AvgIpc) is 2.85. The number of carbonyl (C=O) groups excluding carboxylic acids is 1. The highest BCUT2D eigenvalue weighted by Gasteiger charge is 2.09. The van der Waals surface area contributed by atoms with Gasteiger partial charge >= 0.3 is 0 Å². The van der Waals surface area contributed by atoms with Crippen LogP contribution in [0.4, 0.5) is 10.1 Å². The van der Waals surface area contributed by atoms with Gasteiger partial charge in [0, 0.05) is 16.6 Å². The van der Waals surface area contributed by atoms with E-state index in [2.05, 4.69) is 10.3 Å². The molecule has 0 saturated heterocycles. The fraction of sp³-hybridized carbons (Fsp3) is 0. The van der Waals surface area contributed by atoms with Gasteiger partial charge < -0.3 is 10.3 Å². The van der Waals surface area contributed by atoms with Crippen LogP contribution in [-0.4, -0.2) is 10.9 Å². The van der Waals surface area contributed by atoms with Crippen LogP contribution in [0.2, 0.25) is 0 Å². The summed E-state index contributed by atoms with van der Waals surface area (Å²) >= 11 is 0. The SMILES string of the molecule is O=C(Nc1ccc(F)cc1)c1cc2ccccc2[nH]1. The van der Waals surface area contributed by atoms with Crippen molar-refractivity contribution in [3.8, 4) is 0 Å². The predicted molar refractivity (Wildman–Crippen MR) is 72.7 cm³/mol. The topological polar surface area (TPSA) is 44.9 Å². The van der Waals surface area contributed by atoms with Crippen molar-refractivity contribution in [1.29, 1.82) is 0 Å². The summed E-state index contributed by atoms with van der Waals surface area (Å²) in [5.74, 6) is -0.577. The Kier molecular flexibility index (Phi) is 2.76. The van der Waals surface area contributed by atoms with Gasteiger partial charge in [-0.3, -0.25) is 4.79 Å². The number of para-hydroxylation sites is 1. The maximum Gasteiger partial charge on any atom is 0.272 e. The van der Waals surface area contributed by atoms with Crippen LogP contribution in [0.15, 0.2) is 54.6 Å². The van der Waals surface area contributed by atoms with Crippen molar-refractivity contribution in [2.24, 2.45) is 0 Å². The number of rotatable bonds is 2. The van der Waals surface area contributed by atoms with Gasteiger partial charge in [0.25, 0.3) is 5.91 Å². The van der Waals surface area contributed by atoms with Gasteiger partial charge in [0.2, 0.25) is 0 Å². The van der Waals surface area contributed by atoms with Crippen molar-refractivity contribution in [3.05, 3.63) is 66.1 Å². The van der Waals surface area contributed by atoms with Crippen LogP contribution in [0, 0.1) is 5.82 Å². The third-order valence-electron chi connectivity index (χ3n) is 2.88. The molecule has 0 aliphatic rings. The first-order valence-corrected chi connectivity index (χ1v) is 5.87. The minimum absolute atomic E-state index is 0.247. The number of halogens is 1. The first kappa shape index (κ1) is 11.5. The van der Waals surface area contributed by atoms with Gasteiger partial charge in [0.1, 0.15) is 11.5 Å². The number of benzene rings is 2. The molecule has 2 N–H and O–H groups in total. The van der Waals surface area contributed by atoms with Crippen LogP contribution in [0.25, 0.3) is 10.9 Å². The lowest BCUT2D eigenvalue weighted by Crippen LogP contribution is -2.12. The van der Waals surface area contributed by atoms with Crippen molar-refractivity contribution in [1.82, 2.24) is 4.98 Å². The molecule has 3 aromatic rings. The molecule has 3 nitrogen and oxygen atoms in total. The third-order valence-corrected chi connectivity index (χ3v) is 2.88. The highest BCUT2D eigenvalue weighted by Crippen LogP contribution is 2.16. The Balaban J connectivity index is 1.85. The van der Waals surface area contributed by atoms with E-state index in [0.29, 0.717) is 11.4 Å². The standard InChI is InChI=1S/C15H11FN2O/c16-11-5-7-12(8-6-11)17-15(19)14-9-10-3-1-2-4-13(10)18-14/h1-9,18H,(H,17,19). The molecule has 0 bridgehead atoms. The number of fused-ring (bicyclic) bond motifs is 1. The Morgan fingerprint density at radius 1 is 1.05 bits per heavy atom. The van der Waals surface area contributed by atoms with Crippen LogP contribution >= 0.6 is 0 Å². The van der Waals surface area contributed by atoms with Crippen molar-refractivity contribution >= 4 is 22.5 Å². The zero-order valence-corrected chi connectivity index (χ0v) is 9.98. The summed E-state index contributed by atoms with van der Waals surface area (Å²) in [6.45, 7) is 0. The quantitative estimate of drug-likeness (QED) is 0.721. The summed E-state index contributed by atoms with van der Waals surface area (Å²) in [6, 6.07) is 15.1. The number of amides is 1. The van der Waals surface area contributed by atoms with Crippen LogP contribution in [0.1, 0.15) is 10.5 Å². The summed E-state index contributed by atoms with van der Waals surface area (Å²) in [7, 11) is 0. The summed E-state index contributed by atoms with van der Waals surface area (Å²) < 4.78 is 12.8. The molecule has 0 spiro atoms. The lowest BCUT2D eigenvalue weighted by atomic mass is 10.2. The molecule has 4 heteroatoms. The number of aromatic nitrogens is 1. The van der Waals surface area contributed by atoms with Gasteiger partial charge in [0.05, 0.1) is 0 Å². The zero-order valence-electron chi connectivity index (χ0n) is 9.98. The molecular weight excluding hydrogens is 243 g/mol. The molecule has 0 radical (unpaired) electrons. The van der Waals surface area contributed by atoms with Crippen molar-refractivity contribution in [2.45, 2.75) is 0 Å². The highest BCUT2D eigenvalue weighted by atomic mass is 19.1. The predicted octanol–water partition coefficient (Wildman–Crippen LogP) is 3.56. The fourth-order valence-electron chi connectivity index (χ4n) is 1.93. The summed E-state index contributed by atoms with van der Waals surface area (Å²) in [4.78, 5) is 15.1. The molecule has 0 unspecified atom stereocenters. The van der Waals surface area contributed by atoms with E-state index in [-0.39, 0.29) is 11.7 Å². The van der Waals surface area contributed by atoms with E-state index in [1.807, 2.05) is 24.3 Å². The normalized spacial score (nSPS) is 10.6. The molecule has 1 amide bonds. The molecular formula is C15H11FN2O. The van der Waals surface area contributed by atoms with Crippen LogP contribution in [-0.2, 0) is 0 Å². The number of carbonyl (C=O) groups is 1. The number of aromatic amines is 1. The molecule has 1 heterocycles. The first-order valence-electron chi connectivity index (χ1n) is 5.87. The average molecular weight is 254 g/mol. The Morgan fingerprint density at radius 3 is 2.53 bits per heavy atom. The van der Waals surface area contributed by atoms with Crippen molar-refractivity contribution in [2.75, 3.05) is 5.32 Å². The smallest absolute Gasteiger partial charge is 0.272 e. The molecule has 3 rings (SSSR count). The van der Waals surface area contributed by atoms with Crippen LogP contribution in [0.3, 0.4) is 0 Å². The highest BCUT2D eigenvalue weighted by molar-refractivity contribution is 6.05. The van der Waals surface area contributed by atoms with E-state index in [1.165, 1.54) is 24.3 Å². The first-order chi connectivity index (χ1) is 9.22. The van der Waals surface area contributed by atoms with Gasteiger partial charge in [-0.15, -0.1) is 0 Å². The third kappa shape index (κ3) is 2.33. The van der Waals surface area contributed by atoms with E-state index in [0.717, 1.165) is 10.9 Å². The number of H-pyrrole nitrogens is 1. The summed E-state index contributed by atoms with van der Waals surface area (Å²) in [5.41, 5.74) is 1.95. The van der Waals surface area contributed by atoms with E-state index >= 15 is 0 Å². The zero-order chi connectivity index (χ0) is 13.2. The molecule has 19 heavy (non-hydrogen) atoms. The maximum atomic E-state index is 12.8. The Morgan fingerprint density at radius 2 is 1.79 bits per heavy atom. The Bertz CT molecular complexity index is 698. The van der Waals surface area contributed by atoms with Crippen molar-refractivity contribution in [3.63, 3.8) is 0 Å². The minimum Gasteiger partial charge on any atom is -0.351 e. The largest absolute Gasteiger partial charge is 0.351 e. The molecule has 0 fully saturated rings. The molecule has 2 aromatic carbocycles. The summed E-state index contributed by atoms with van der Waals surface area (Å²) in [5, 5.41) is 3.69. The van der Waals surface area contributed by atoms with Gasteiger partial charge in [-0.25, -0.2) is 4.39 Å². The lowest BCUT2D eigenvalue weighted by Gasteiger charge is -2.02. The molecule has 1 aromatic heterocycles. The Labute approximate surface area is 109 Å². The molecule has 0 aliphatic carbocycles. The number of hydrogen-bond acceptors (Lipinski definition) is 1. The molecule has 0 saturated carbocycles. The second-order valence-corrected chi connectivity index (χ2v) is 4.23. The monoisotopic (exact) mass is 254 g/mol. The van der Waals surface area contributed by atoms with E-state index in [1.54, 1.807) is 6.07 Å².